The number of nitrogens with zero attached hydrogens (tertiary/aromatic N) is 2. The van der Waals surface area contributed by atoms with Gasteiger partial charge in [0.25, 0.3) is 5.69 Å². The van der Waals surface area contributed by atoms with Crippen LogP contribution in [0.1, 0.15) is 43.7 Å². The largest absolute Gasteiger partial charge is 0.358 e. The Morgan fingerprint density at radius 2 is 1.87 bits per heavy atom. The van der Waals surface area contributed by atoms with E-state index in [9.17, 15) is 14.9 Å². The van der Waals surface area contributed by atoms with Crippen molar-refractivity contribution in [3.63, 3.8) is 0 Å². The van der Waals surface area contributed by atoms with E-state index >= 15 is 0 Å². The standard InChI is InChI=1S/C24H21N3O3/c1-24(2)12-19-23(20(28)13-24)21(14-5-7-15(8-6-14)27(29)30)22-16-4-3-11-25-17(16)9-10-18(22)26-19/h3-11,21,26H,12-13H2,1-2H3/t21-/m0/s1. The van der Waals surface area contributed by atoms with Crippen LogP contribution in [0.3, 0.4) is 0 Å². The van der Waals surface area contributed by atoms with Gasteiger partial charge in [-0.15, -0.1) is 0 Å². The number of nitro benzene ring substituents is 1. The zero-order chi connectivity index (χ0) is 21.0. The highest BCUT2D eigenvalue weighted by Crippen LogP contribution is 2.50. The first kappa shape index (κ1) is 18.5. The summed E-state index contributed by atoms with van der Waals surface area (Å²) in [6, 6.07) is 14.5. The fourth-order valence-electron chi connectivity index (χ4n) is 4.81. The molecule has 6 nitrogen and oxygen atoms in total. The molecule has 0 amide bonds. The van der Waals surface area contributed by atoms with Gasteiger partial charge >= 0.3 is 0 Å². The third-order valence-electron chi connectivity index (χ3n) is 6.05. The summed E-state index contributed by atoms with van der Waals surface area (Å²) in [6.45, 7) is 4.22. The summed E-state index contributed by atoms with van der Waals surface area (Å²) in [5.41, 5.74) is 5.35. The van der Waals surface area contributed by atoms with Crippen LogP contribution >= 0.6 is 0 Å². The highest BCUT2D eigenvalue weighted by atomic mass is 16.6. The summed E-state index contributed by atoms with van der Waals surface area (Å²) in [6.07, 6.45) is 3.02. The normalized spacial score (nSPS) is 19.8. The molecule has 2 heterocycles. The van der Waals surface area contributed by atoms with Crippen LogP contribution in [0.5, 0.6) is 0 Å². The number of hydrogen-bond donors (Lipinski definition) is 1. The average molecular weight is 399 g/mol. The van der Waals surface area contributed by atoms with E-state index in [1.165, 1.54) is 12.1 Å². The number of ketones is 1. The summed E-state index contributed by atoms with van der Waals surface area (Å²) < 4.78 is 0. The molecule has 0 spiro atoms. The lowest BCUT2D eigenvalue weighted by Gasteiger charge is -2.39. The number of Topliss-reactive ketones (excluding diaryl/α,β-unsaturated/α-hetero) is 1. The van der Waals surface area contributed by atoms with Crippen molar-refractivity contribution in [1.82, 2.24) is 4.98 Å². The molecular formula is C24H21N3O3. The van der Waals surface area contributed by atoms with E-state index in [4.69, 9.17) is 0 Å². The number of allylic oxidation sites excluding steroid dienone is 2. The third kappa shape index (κ3) is 2.87. The first-order chi connectivity index (χ1) is 14.3. The van der Waals surface area contributed by atoms with Gasteiger partial charge in [-0.25, -0.2) is 0 Å². The number of benzene rings is 2. The molecule has 0 saturated carbocycles. The fourth-order valence-corrected chi connectivity index (χ4v) is 4.81. The second kappa shape index (κ2) is 6.49. The number of fused-ring (bicyclic) bond motifs is 3. The number of aromatic nitrogens is 1. The number of non-ortho nitro benzene ring substituents is 1. The molecule has 0 unspecified atom stereocenters. The smallest absolute Gasteiger partial charge is 0.269 e. The van der Waals surface area contributed by atoms with Gasteiger partial charge in [-0.3, -0.25) is 19.9 Å². The molecule has 0 fully saturated rings. The predicted octanol–water partition coefficient (Wildman–Crippen LogP) is 5.34. The van der Waals surface area contributed by atoms with Crippen LogP contribution in [0.4, 0.5) is 11.4 Å². The summed E-state index contributed by atoms with van der Waals surface area (Å²) >= 11 is 0. The monoisotopic (exact) mass is 399 g/mol. The maximum Gasteiger partial charge on any atom is 0.269 e. The maximum atomic E-state index is 13.3. The Bertz CT molecular complexity index is 1240. The fraction of sp³-hybridized carbons (Fsp3) is 0.250. The second-order valence-electron chi connectivity index (χ2n) is 8.84. The molecule has 1 aromatic heterocycles. The van der Waals surface area contributed by atoms with E-state index in [1.807, 2.05) is 24.3 Å². The summed E-state index contributed by atoms with van der Waals surface area (Å²) in [5, 5.41) is 15.6. The summed E-state index contributed by atoms with van der Waals surface area (Å²) in [7, 11) is 0. The number of nitro groups is 1. The zero-order valence-electron chi connectivity index (χ0n) is 16.8. The van der Waals surface area contributed by atoms with Gasteiger partial charge in [0.05, 0.1) is 10.4 Å². The second-order valence-corrected chi connectivity index (χ2v) is 8.84. The third-order valence-corrected chi connectivity index (χ3v) is 6.05. The molecule has 1 atom stereocenters. The van der Waals surface area contributed by atoms with Gasteiger partial charge in [0.2, 0.25) is 0 Å². The molecule has 1 aliphatic heterocycles. The summed E-state index contributed by atoms with van der Waals surface area (Å²) in [4.78, 5) is 28.5. The molecule has 3 aromatic rings. The number of nitrogens with one attached hydrogen (secondary N) is 1. The molecule has 2 aliphatic rings. The summed E-state index contributed by atoms with van der Waals surface area (Å²) in [5.74, 6) is -0.155. The molecule has 2 aromatic carbocycles. The lowest BCUT2D eigenvalue weighted by Crippen LogP contribution is -2.33. The van der Waals surface area contributed by atoms with E-state index in [0.717, 1.165) is 45.4 Å². The molecular weight excluding hydrogens is 378 g/mol. The Morgan fingerprint density at radius 3 is 2.60 bits per heavy atom. The number of hydrogen-bond acceptors (Lipinski definition) is 5. The van der Waals surface area contributed by atoms with Crippen molar-refractivity contribution in [2.24, 2.45) is 5.41 Å². The lowest BCUT2D eigenvalue weighted by molar-refractivity contribution is -0.384. The van der Waals surface area contributed by atoms with Crippen molar-refractivity contribution < 1.29 is 9.72 Å². The molecule has 150 valence electrons. The lowest BCUT2D eigenvalue weighted by atomic mass is 9.68. The SMILES string of the molecule is CC1(C)CC(=O)C2=C(C1)Nc1ccc3ncccc3c1[C@@H]2c1ccc([N+](=O)[O-])cc1. The van der Waals surface area contributed by atoms with E-state index in [2.05, 4.69) is 24.1 Å². The highest BCUT2D eigenvalue weighted by molar-refractivity contribution is 6.04. The van der Waals surface area contributed by atoms with Gasteiger partial charge < -0.3 is 5.32 Å². The van der Waals surface area contributed by atoms with Gasteiger partial charge in [0.15, 0.2) is 5.78 Å². The van der Waals surface area contributed by atoms with Crippen LogP contribution in [0.15, 0.2) is 66.0 Å². The van der Waals surface area contributed by atoms with Gasteiger partial charge in [-0.1, -0.05) is 32.0 Å². The Balaban J connectivity index is 1.78. The Morgan fingerprint density at radius 1 is 1.10 bits per heavy atom. The van der Waals surface area contributed by atoms with Gasteiger partial charge in [0, 0.05) is 53.0 Å². The number of rotatable bonds is 2. The van der Waals surface area contributed by atoms with Gasteiger partial charge in [-0.2, -0.15) is 0 Å². The van der Waals surface area contributed by atoms with Crippen LogP contribution in [-0.4, -0.2) is 15.7 Å². The van der Waals surface area contributed by atoms with Crippen molar-refractivity contribution >= 4 is 28.1 Å². The van der Waals surface area contributed by atoms with Crippen LogP contribution in [0, 0.1) is 15.5 Å². The average Bonchev–Trinajstić information content (AvgIpc) is 2.71. The van der Waals surface area contributed by atoms with Crippen molar-refractivity contribution in [2.45, 2.75) is 32.6 Å². The van der Waals surface area contributed by atoms with Gasteiger partial charge in [0.1, 0.15) is 0 Å². The highest BCUT2D eigenvalue weighted by Gasteiger charge is 2.41. The molecule has 0 radical (unpaired) electrons. The maximum absolute atomic E-state index is 13.3. The van der Waals surface area contributed by atoms with Crippen molar-refractivity contribution in [2.75, 3.05) is 5.32 Å². The van der Waals surface area contributed by atoms with E-state index < -0.39 is 4.92 Å². The minimum absolute atomic E-state index is 0.0396. The van der Waals surface area contributed by atoms with Crippen LogP contribution in [-0.2, 0) is 4.79 Å². The topological polar surface area (TPSA) is 85.1 Å². The van der Waals surface area contributed by atoms with Crippen LogP contribution < -0.4 is 5.32 Å². The zero-order valence-corrected chi connectivity index (χ0v) is 16.8. The number of anilines is 1. The van der Waals surface area contributed by atoms with Crippen LogP contribution in [0.2, 0.25) is 0 Å². The number of carbonyl (C=O) groups excluding carboxylic acids is 1. The quantitative estimate of drug-likeness (QED) is 0.464. The van der Waals surface area contributed by atoms with Crippen molar-refractivity contribution in [1.29, 1.82) is 0 Å². The van der Waals surface area contributed by atoms with E-state index in [1.54, 1.807) is 18.3 Å². The molecule has 1 N–H and O–H groups in total. The Kier molecular flexibility index (Phi) is 4.00. The molecule has 0 saturated heterocycles. The molecule has 1 aliphatic carbocycles. The van der Waals surface area contributed by atoms with Crippen molar-refractivity contribution in [3.05, 3.63) is 87.2 Å². The number of carbonyl (C=O) groups is 1. The van der Waals surface area contributed by atoms with E-state index in [0.29, 0.717) is 6.42 Å². The first-order valence-corrected chi connectivity index (χ1v) is 9.99. The number of pyridine rings is 1. The Labute approximate surface area is 173 Å². The molecule has 0 bridgehead atoms. The minimum Gasteiger partial charge on any atom is -0.358 e. The molecule has 6 heteroatoms. The minimum atomic E-state index is -0.404. The molecule has 5 rings (SSSR count). The van der Waals surface area contributed by atoms with Crippen LogP contribution in [0.25, 0.3) is 10.9 Å². The predicted molar refractivity (Wildman–Crippen MR) is 115 cm³/mol. The van der Waals surface area contributed by atoms with Crippen molar-refractivity contribution in [3.8, 4) is 0 Å². The van der Waals surface area contributed by atoms with Gasteiger partial charge in [-0.05, 0) is 41.2 Å². The first-order valence-electron chi connectivity index (χ1n) is 9.99. The molecule has 30 heavy (non-hydrogen) atoms. The Hall–Kier alpha value is -3.54. The van der Waals surface area contributed by atoms with E-state index in [-0.39, 0.29) is 22.8 Å².